The Morgan fingerprint density at radius 2 is 0.872 bits per heavy atom. The highest BCUT2D eigenvalue weighted by molar-refractivity contribution is 6.99. The molecule has 0 radical (unpaired) electrons. The van der Waals surface area contributed by atoms with Gasteiger partial charge in [-0.1, -0.05) is 275 Å². The van der Waals surface area contributed by atoms with Gasteiger partial charge in [0.2, 0.25) is 0 Å². The van der Waals surface area contributed by atoms with Gasteiger partial charge in [-0.3, -0.25) is 0 Å². The summed E-state index contributed by atoms with van der Waals surface area (Å²) in [5, 5.41) is -0.825. The van der Waals surface area contributed by atoms with Gasteiger partial charge in [0.15, 0.2) is 0 Å². The van der Waals surface area contributed by atoms with Crippen LogP contribution >= 0.6 is 0 Å². The van der Waals surface area contributed by atoms with Crippen molar-refractivity contribution in [3.63, 3.8) is 0 Å². The number of para-hydroxylation sites is 4. The molecule has 94 heavy (non-hydrogen) atoms. The number of anilines is 3. The van der Waals surface area contributed by atoms with E-state index in [9.17, 15) is 27.4 Å². The minimum absolute atomic E-state index is 0.0330. The maximum Gasteiger partial charge on any atom is 0.256 e. The highest BCUT2D eigenvalue weighted by Crippen LogP contribution is 2.59. The fourth-order valence-electron chi connectivity index (χ4n) is 14.9. The zero-order valence-electron chi connectivity index (χ0n) is 76.4. The van der Waals surface area contributed by atoms with Gasteiger partial charge in [-0.15, -0.1) is 0 Å². The lowest BCUT2D eigenvalue weighted by Gasteiger charge is -2.42. The molecule has 0 atom stereocenters. The molecule has 0 saturated carbocycles. The summed E-state index contributed by atoms with van der Waals surface area (Å²) in [7, 11) is 0. The predicted octanol–water partition coefficient (Wildman–Crippen LogP) is 20.9. The minimum Gasteiger partial charge on any atom is -0.458 e. The zero-order valence-corrected chi connectivity index (χ0v) is 50.4. The monoisotopic (exact) mass is 1230 g/mol. The Labute approximate surface area is 584 Å². The van der Waals surface area contributed by atoms with E-state index >= 15 is 0 Å². The molecule has 0 bridgehead atoms. The molecule has 0 saturated heterocycles. The molecule has 5 heteroatoms. The van der Waals surface area contributed by atoms with E-state index in [1.165, 1.54) is 9.13 Å². The SMILES string of the molecule is [2H]c1c([2H])c([2H])c(C2(c3c([2H])c([2H])c([2H])c([2H])c3[2H])c3ccccc3-c3cccc(-c4ccc5c(c4)Oc4cc(-n6c7c([2H])c([2H])c([2H])c([2H])c7c7c([2H])c([2H])c([2H])c([2H])c76)cc6c4B5c4ccc(-n5c7c([2H])c([2H])c([2H])c([2H])c7c7c([2H])c([2H])c([2H])c([2H])c75)cc4N6c4c(-c5ccccc5)cc(C(C)(C)C)cc4-c4ccccc4)c32)c([2H])c1[2H]. The van der Waals surface area contributed by atoms with Crippen LogP contribution in [0.25, 0.3) is 99.5 Å². The Hall–Kier alpha value is -11.7. The summed E-state index contributed by atoms with van der Waals surface area (Å²) >= 11 is 0. The largest absolute Gasteiger partial charge is 0.458 e. The molecule has 0 unspecified atom stereocenters. The van der Waals surface area contributed by atoms with Crippen LogP contribution < -0.4 is 26.0 Å². The van der Waals surface area contributed by atoms with Crippen molar-refractivity contribution in [1.82, 2.24) is 9.13 Å². The lowest BCUT2D eigenvalue weighted by Crippen LogP contribution is -2.59. The van der Waals surface area contributed by atoms with Crippen molar-refractivity contribution in [3.05, 3.63) is 349 Å². The second kappa shape index (κ2) is 20.7. The van der Waals surface area contributed by atoms with Gasteiger partial charge in [0, 0.05) is 55.8 Å². The van der Waals surface area contributed by atoms with Gasteiger partial charge < -0.3 is 18.8 Å². The Morgan fingerprint density at radius 1 is 0.383 bits per heavy atom. The van der Waals surface area contributed by atoms with Crippen LogP contribution in [0, 0.1) is 0 Å². The molecule has 4 nitrogen and oxygen atoms in total. The molecule has 0 N–H and O–H groups in total. The smallest absolute Gasteiger partial charge is 0.256 e. The van der Waals surface area contributed by atoms with Crippen molar-refractivity contribution in [1.29, 1.82) is 0 Å². The summed E-state index contributed by atoms with van der Waals surface area (Å²) in [6, 6.07) is 32.0. The number of nitrogens with zero attached hydrogens (tertiary/aromatic N) is 3. The first-order valence-electron chi connectivity index (χ1n) is 43.7. The normalized spacial score (nSPS) is 17.3. The van der Waals surface area contributed by atoms with Crippen LogP contribution in [-0.4, -0.2) is 15.8 Å². The average molecular weight is 1230 g/mol. The van der Waals surface area contributed by atoms with Gasteiger partial charge in [0.25, 0.3) is 6.71 Å². The second-order valence-electron chi connectivity index (χ2n) is 24.7. The third-order valence-corrected chi connectivity index (χ3v) is 18.8. The zero-order chi connectivity index (χ0) is 85.0. The molecule has 0 amide bonds. The quantitative estimate of drug-likeness (QED) is 0.142. The van der Waals surface area contributed by atoms with Crippen LogP contribution in [0.5, 0.6) is 11.5 Å². The number of aromatic nitrogens is 2. The number of benzene rings is 14. The summed E-state index contributed by atoms with van der Waals surface area (Å²) in [6.07, 6.45) is 0. The molecule has 2 aromatic heterocycles. The van der Waals surface area contributed by atoms with Crippen LogP contribution in [-0.2, 0) is 10.8 Å². The number of ether oxygens (including phenoxy) is 1. The van der Waals surface area contributed by atoms with Crippen molar-refractivity contribution in [2.45, 2.75) is 31.6 Å². The molecule has 1 aliphatic carbocycles. The summed E-state index contributed by atoms with van der Waals surface area (Å²) in [6.45, 7) is 5.26. The molecule has 16 aromatic rings. The van der Waals surface area contributed by atoms with E-state index in [1.54, 1.807) is 78.9 Å². The Morgan fingerprint density at radius 3 is 1.45 bits per heavy atom. The Kier molecular flexibility index (Phi) is 7.51. The van der Waals surface area contributed by atoms with E-state index in [1.807, 2.05) is 77.7 Å². The van der Waals surface area contributed by atoms with Crippen LogP contribution in [0.4, 0.5) is 17.1 Å². The molecule has 4 heterocycles. The van der Waals surface area contributed by atoms with Crippen LogP contribution in [0.2, 0.25) is 0 Å². The maximum absolute atomic E-state index is 9.91. The predicted molar refractivity (Wildman–Crippen MR) is 393 cm³/mol. The molecular weight excluding hydrogens is 1140 g/mol. The summed E-state index contributed by atoms with van der Waals surface area (Å²) in [5.74, 6) is 0.209. The first kappa shape index (κ1) is 34.1. The van der Waals surface area contributed by atoms with E-state index in [0.717, 1.165) is 16.7 Å². The number of rotatable bonds is 8. The second-order valence-corrected chi connectivity index (χ2v) is 24.7. The van der Waals surface area contributed by atoms with Gasteiger partial charge in [-0.25, -0.2) is 0 Å². The van der Waals surface area contributed by atoms with Crippen LogP contribution in [0.15, 0.2) is 321 Å². The summed E-state index contributed by atoms with van der Waals surface area (Å²) in [5.41, 5.74) is 3.79. The third kappa shape index (κ3) is 7.88. The average Bonchev–Trinajstić information content (AvgIpc) is 1.50. The highest BCUT2D eigenvalue weighted by atomic mass is 16.5. The van der Waals surface area contributed by atoms with Crippen molar-refractivity contribution >= 4 is 83.8 Å². The molecule has 2 aliphatic heterocycles. The van der Waals surface area contributed by atoms with Crippen molar-refractivity contribution in [2.75, 3.05) is 4.90 Å². The van der Waals surface area contributed by atoms with Gasteiger partial charge in [0.05, 0.1) is 74.5 Å². The fraction of sp³-hybridized carbons (Fsp3) is 0.0562. The standard InChI is InChI=1S/C89H62BN3O/c1-88(2,3)62-52-72(57-27-8-4-9-28-57)87(73(53-62)58-29-10-5-11-30-58)93-81-54-63(91-77-43-22-17-36-67(77)68-37-18-23-44-78(68)91)48-50-75(81)90-76-49-47-59(51-83(76)94-84-56-64(55-82(93)86(84)90)92-79-45-24-19-38-69(79)70-39-20-25-46-80(70)92)65-40-26-41-71-66-35-16-21-42-74(66)89(85(65)71,60-31-12-6-13-32-60)61-33-14-7-15-34-61/h4-56H,1-3H3/i6D,7D,12D,13D,14D,15D,17D,18D,19D,20D,22D,23D,24D,25D,31D,32D,33D,34D,36D,37D,38D,39D,43D,44D,45D,46D. The molecule has 19 rings (SSSR count). The topological polar surface area (TPSA) is 22.3 Å². The highest BCUT2D eigenvalue weighted by Gasteiger charge is 2.49. The van der Waals surface area contributed by atoms with Crippen LogP contribution in [0.3, 0.4) is 0 Å². The van der Waals surface area contributed by atoms with Crippen molar-refractivity contribution in [3.8, 4) is 67.4 Å². The molecule has 442 valence electrons. The van der Waals surface area contributed by atoms with Gasteiger partial charge in [0.1, 0.15) is 11.5 Å². The summed E-state index contributed by atoms with van der Waals surface area (Å²) in [4.78, 5) is 2.00. The number of hydrogen-bond donors (Lipinski definition) is 0. The van der Waals surface area contributed by atoms with Crippen molar-refractivity contribution in [2.24, 2.45) is 0 Å². The van der Waals surface area contributed by atoms with E-state index < -0.39 is 186 Å². The van der Waals surface area contributed by atoms with E-state index in [-0.39, 0.29) is 83.2 Å². The lowest BCUT2D eigenvalue weighted by atomic mass is 9.34. The van der Waals surface area contributed by atoms with E-state index in [4.69, 9.17) is 13.0 Å². The Balaban J connectivity index is 0.994. The fourth-order valence-corrected chi connectivity index (χ4v) is 14.9. The van der Waals surface area contributed by atoms with Gasteiger partial charge >= 0.3 is 0 Å². The van der Waals surface area contributed by atoms with Gasteiger partial charge in [-0.2, -0.15) is 0 Å². The van der Waals surface area contributed by atoms with Crippen molar-refractivity contribution < 1.29 is 40.4 Å². The lowest BCUT2D eigenvalue weighted by molar-refractivity contribution is 0.487. The maximum atomic E-state index is 9.91. The third-order valence-electron chi connectivity index (χ3n) is 18.8. The van der Waals surface area contributed by atoms with Crippen LogP contribution in [0.1, 0.15) is 84.2 Å². The van der Waals surface area contributed by atoms with E-state index in [0.29, 0.717) is 61.3 Å². The van der Waals surface area contributed by atoms with E-state index in [2.05, 4.69) is 32.9 Å². The molecular formula is C89H62BN3O. The first-order valence-corrected chi connectivity index (χ1v) is 30.7. The number of fused-ring (bicyclic) bond motifs is 13. The minimum atomic E-state index is -2.31. The molecule has 14 aromatic carbocycles. The molecule has 0 spiro atoms. The first-order chi connectivity index (χ1) is 57.1. The summed E-state index contributed by atoms with van der Waals surface area (Å²) < 4.78 is 256. The number of hydrogen-bond acceptors (Lipinski definition) is 2. The molecule has 3 aliphatic rings. The Bertz CT molecular complexity index is 7060. The van der Waals surface area contributed by atoms with Gasteiger partial charge in [-0.05, 0) is 144 Å². The molecule has 0 fully saturated rings.